The second-order valence-corrected chi connectivity index (χ2v) is 4.66. The topological polar surface area (TPSA) is 67.7 Å². The molecule has 0 fully saturated rings. The van der Waals surface area contributed by atoms with E-state index in [1.807, 2.05) is 30.9 Å². The van der Waals surface area contributed by atoms with Gasteiger partial charge in [-0.25, -0.2) is 9.97 Å². The highest BCUT2D eigenvalue weighted by atomic mass is 15.3. The molecule has 0 spiro atoms. The van der Waals surface area contributed by atoms with Crippen molar-refractivity contribution >= 4 is 11.6 Å². The van der Waals surface area contributed by atoms with Crippen molar-refractivity contribution in [2.75, 3.05) is 24.2 Å². The number of rotatable bonds is 7. The first-order valence-electron chi connectivity index (χ1n) is 7.01. The van der Waals surface area contributed by atoms with Crippen LogP contribution in [0.2, 0.25) is 0 Å². The van der Waals surface area contributed by atoms with Crippen LogP contribution >= 0.6 is 0 Å². The largest absolute Gasteiger partial charge is 0.373 e. The van der Waals surface area contributed by atoms with E-state index in [4.69, 9.17) is 0 Å². The Labute approximate surface area is 119 Å². The Morgan fingerprint density at radius 1 is 1.25 bits per heavy atom. The molecule has 0 unspecified atom stereocenters. The highest BCUT2D eigenvalue weighted by Gasteiger charge is 2.09. The number of aryl methyl sites for hydroxylation is 1. The van der Waals surface area contributed by atoms with Crippen LogP contribution in [0.5, 0.6) is 0 Å². The van der Waals surface area contributed by atoms with Gasteiger partial charge in [0.1, 0.15) is 17.5 Å². The predicted molar refractivity (Wildman–Crippen MR) is 81.0 cm³/mol. The summed E-state index contributed by atoms with van der Waals surface area (Å²) in [6.45, 7) is 5.76. The summed E-state index contributed by atoms with van der Waals surface area (Å²) in [5.74, 6) is 2.68. The van der Waals surface area contributed by atoms with Crippen molar-refractivity contribution in [1.29, 1.82) is 0 Å². The molecule has 0 aromatic carbocycles. The molecular weight excluding hydrogens is 252 g/mol. The van der Waals surface area contributed by atoms with Gasteiger partial charge >= 0.3 is 0 Å². The highest BCUT2D eigenvalue weighted by molar-refractivity contribution is 5.56. The summed E-state index contributed by atoms with van der Waals surface area (Å²) in [5, 5.41) is 10.7. The Kier molecular flexibility index (Phi) is 4.92. The lowest BCUT2D eigenvalue weighted by Crippen LogP contribution is -2.14. The normalized spacial score (nSPS) is 10.6. The Bertz CT molecular complexity index is 535. The van der Waals surface area contributed by atoms with Gasteiger partial charge in [0, 0.05) is 38.0 Å². The van der Waals surface area contributed by atoms with Crippen molar-refractivity contribution in [2.24, 2.45) is 0 Å². The molecule has 0 atom stereocenters. The number of hydrogen-bond donors (Lipinski definition) is 2. The van der Waals surface area contributed by atoms with E-state index in [2.05, 4.69) is 32.6 Å². The van der Waals surface area contributed by atoms with Crippen molar-refractivity contribution < 1.29 is 0 Å². The summed E-state index contributed by atoms with van der Waals surface area (Å²) in [7, 11) is 1.89. The molecule has 2 aromatic heterocycles. The maximum Gasteiger partial charge on any atom is 0.134 e. The predicted octanol–water partition coefficient (Wildman–Crippen LogP) is 2.09. The second-order valence-electron chi connectivity index (χ2n) is 4.66. The third-order valence-electron chi connectivity index (χ3n) is 3.10. The third kappa shape index (κ3) is 3.46. The molecule has 2 N–H and O–H groups in total. The number of aromatic nitrogens is 4. The molecule has 6 nitrogen and oxygen atoms in total. The minimum Gasteiger partial charge on any atom is -0.373 e. The molecule has 0 amide bonds. The van der Waals surface area contributed by atoms with Crippen LogP contribution in [0.4, 0.5) is 11.6 Å². The first-order valence-corrected chi connectivity index (χ1v) is 7.01. The third-order valence-corrected chi connectivity index (χ3v) is 3.10. The monoisotopic (exact) mass is 274 g/mol. The Morgan fingerprint density at radius 2 is 2.05 bits per heavy atom. The molecule has 0 aliphatic carbocycles. The lowest BCUT2D eigenvalue weighted by atomic mass is 10.2. The highest BCUT2D eigenvalue weighted by Crippen LogP contribution is 2.19. The van der Waals surface area contributed by atoms with Gasteiger partial charge in [-0.1, -0.05) is 6.92 Å². The molecule has 2 aromatic rings. The van der Waals surface area contributed by atoms with E-state index in [1.54, 1.807) is 6.20 Å². The van der Waals surface area contributed by atoms with Crippen LogP contribution < -0.4 is 10.6 Å². The average molecular weight is 274 g/mol. The summed E-state index contributed by atoms with van der Waals surface area (Å²) in [6.07, 6.45) is 5.67. The van der Waals surface area contributed by atoms with Crippen molar-refractivity contribution in [3.63, 3.8) is 0 Å². The van der Waals surface area contributed by atoms with E-state index in [0.717, 1.165) is 49.0 Å². The number of nitrogens with one attached hydrogen (secondary N) is 2. The van der Waals surface area contributed by atoms with Crippen LogP contribution in [0, 0.1) is 6.92 Å². The van der Waals surface area contributed by atoms with Gasteiger partial charge in [-0.05, 0) is 19.4 Å². The maximum atomic E-state index is 4.60. The Hall–Kier alpha value is -2.11. The van der Waals surface area contributed by atoms with Crippen LogP contribution in [0.25, 0.3) is 0 Å². The zero-order chi connectivity index (χ0) is 14.4. The standard InChI is InChI=1S/C14H22N6/c1-4-6-12-18-13(15-3)11(2)14(19-12)16-8-10-20-9-5-7-17-20/h5,7,9H,4,6,8,10H2,1-3H3,(H2,15,16,18,19). The van der Waals surface area contributed by atoms with Crippen molar-refractivity contribution in [2.45, 2.75) is 33.2 Å². The van der Waals surface area contributed by atoms with Crippen LogP contribution in [-0.2, 0) is 13.0 Å². The zero-order valence-electron chi connectivity index (χ0n) is 12.3. The van der Waals surface area contributed by atoms with Crippen LogP contribution in [-0.4, -0.2) is 33.3 Å². The molecule has 0 bridgehead atoms. The van der Waals surface area contributed by atoms with Gasteiger partial charge in [-0.2, -0.15) is 5.10 Å². The molecule has 0 saturated heterocycles. The summed E-state index contributed by atoms with van der Waals surface area (Å²) in [5.41, 5.74) is 1.05. The fourth-order valence-corrected chi connectivity index (χ4v) is 2.04. The van der Waals surface area contributed by atoms with Crippen LogP contribution in [0.1, 0.15) is 24.7 Å². The molecule has 0 radical (unpaired) electrons. The summed E-state index contributed by atoms with van der Waals surface area (Å²) in [4.78, 5) is 9.12. The van der Waals surface area contributed by atoms with E-state index < -0.39 is 0 Å². The van der Waals surface area contributed by atoms with Crippen molar-refractivity contribution in [1.82, 2.24) is 19.7 Å². The van der Waals surface area contributed by atoms with Crippen LogP contribution in [0.15, 0.2) is 18.5 Å². The lowest BCUT2D eigenvalue weighted by molar-refractivity contribution is 0.636. The van der Waals surface area contributed by atoms with E-state index in [-0.39, 0.29) is 0 Å². The van der Waals surface area contributed by atoms with Gasteiger partial charge in [0.25, 0.3) is 0 Å². The molecule has 0 aliphatic heterocycles. The van der Waals surface area contributed by atoms with E-state index in [0.29, 0.717) is 0 Å². The van der Waals surface area contributed by atoms with Gasteiger partial charge in [0.05, 0.1) is 6.54 Å². The fraction of sp³-hybridized carbons (Fsp3) is 0.500. The smallest absolute Gasteiger partial charge is 0.134 e. The van der Waals surface area contributed by atoms with E-state index in [1.165, 1.54) is 0 Å². The molecule has 2 rings (SSSR count). The molecule has 0 saturated carbocycles. The average Bonchev–Trinajstić information content (AvgIpc) is 2.95. The number of anilines is 2. The molecule has 20 heavy (non-hydrogen) atoms. The van der Waals surface area contributed by atoms with Gasteiger partial charge in [0.2, 0.25) is 0 Å². The fourth-order valence-electron chi connectivity index (χ4n) is 2.04. The molecular formula is C14H22N6. The molecule has 108 valence electrons. The lowest BCUT2D eigenvalue weighted by Gasteiger charge is -2.13. The van der Waals surface area contributed by atoms with Crippen molar-refractivity contribution in [3.8, 4) is 0 Å². The Balaban J connectivity index is 2.06. The number of hydrogen-bond acceptors (Lipinski definition) is 5. The van der Waals surface area contributed by atoms with Gasteiger partial charge < -0.3 is 10.6 Å². The van der Waals surface area contributed by atoms with E-state index in [9.17, 15) is 0 Å². The molecule has 2 heterocycles. The summed E-state index contributed by atoms with van der Waals surface area (Å²) >= 11 is 0. The summed E-state index contributed by atoms with van der Waals surface area (Å²) < 4.78 is 1.90. The quantitative estimate of drug-likeness (QED) is 0.809. The maximum absolute atomic E-state index is 4.60. The SMILES string of the molecule is CCCc1nc(NC)c(C)c(NCCn2cccn2)n1. The minimum absolute atomic E-state index is 0.786. The van der Waals surface area contributed by atoms with Crippen molar-refractivity contribution in [3.05, 3.63) is 29.8 Å². The zero-order valence-corrected chi connectivity index (χ0v) is 12.3. The first kappa shape index (κ1) is 14.3. The summed E-state index contributed by atoms with van der Waals surface area (Å²) in [6, 6.07) is 1.92. The first-order chi connectivity index (χ1) is 9.74. The number of nitrogens with zero attached hydrogens (tertiary/aromatic N) is 4. The molecule has 0 aliphatic rings. The van der Waals surface area contributed by atoms with E-state index >= 15 is 0 Å². The van der Waals surface area contributed by atoms with Gasteiger partial charge in [-0.3, -0.25) is 4.68 Å². The van der Waals surface area contributed by atoms with Crippen LogP contribution in [0.3, 0.4) is 0 Å². The molecule has 6 heteroatoms. The van der Waals surface area contributed by atoms with Gasteiger partial charge in [-0.15, -0.1) is 0 Å². The second kappa shape index (κ2) is 6.88. The Morgan fingerprint density at radius 3 is 2.70 bits per heavy atom. The minimum atomic E-state index is 0.786. The van der Waals surface area contributed by atoms with Gasteiger partial charge in [0.15, 0.2) is 0 Å².